The number of rotatable bonds is 5. The molecule has 168 valence electrons. The van der Waals surface area contributed by atoms with E-state index in [0.717, 1.165) is 71.0 Å². The second-order valence-corrected chi connectivity index (χ2v) is 10.9. The molecule has 1 aliphatic carbocycles. The third kappa shape index (κ3) is 3.76. The van der Waals surface area contributed by atoms with Crippen LogP contribution in [0.25, 0.3) is 10.2 Å². The van der Waals surface area contributed by atoms with Crippen LogP contribution in [0.2, 0.25) is 5.02 Å². The Bertz CT molecular complexity index is 1250. The minimum absolute atomic E-state index is 0.0670. The summed E-state index contributed by atoms with van der Waals surface area (Å²) in [4.78, 5) is 20.8. The van der Waals surface area contributed by atoms with Crippen LogP contribution in [0.15, 0.2) is 22.1 Å². The van der Waals surface area contributed by atoms with Crippen molar-refractivity contribution < 1.29 is 14.2 Å². The van der Waals surface area contributed by atoms with E-state index in [9.17, 15) is 4.79 Å². The zero-order chi connectivity index (χ0) is 21.7. The first-order valence-corrected chi connectivity index (χ1v) is 13.2. The maximum Gasteiger partial charge on any atom is 0.263 e. The van der Waals surface area contributed by atoms with Gasteiger partial charge in [-0.2, -0.15) is 0 Å². The number of benzene rings is 1. The van der Waals surface area contributed by atoms with Crippen molar-refractivity contribution in [3.63, 3.8) is 0 Å². The van der Waals surface area contributed by atoms with E-state index in [4.69, 9.17) is 30.8 Å². The van der Waals surface area contributed by atoms with Crippen molar-refractivity contribution in [3.05, 3.63) is 49.1 Å². The minimum atomic E-state index is 0.0670. The van der Waals surface area contributed by atoms with E-state index in [1.807, 2.05) is 16.7 Å². The largest absolute Gasteiger partial charge is 0.467 e. The Kier molecular flexibility index (Phi) is 5.67. The summed E-state index contributed by atoms with van der Waals surface area (Å²) in [5.74, 6) is 1.44. The first-order chi connectivity index (χ1) is 15.7. The molecule has 1 fully saturated rings. The topological polar surface area (TPSA) is 62.6 Å². The summed E-state index contributed by atoms with van der Waals surface area (Å²) in [5.41, 5.74) is 3.24. The molecule has 6 nitrogen and oxygen atoms in total. The molecule has 0 bridgehead atoms. The Balaban J connectivity index is 1.39. The zero-order valence-electron chi connectivity index (χ0n) is 17.5. The smallest absolute Gasteiger partial charge is 0.263 e. The first-order valence-electron chi connectivity index (χ1n) is 11.0. The average Bonchev–Trinajstić information content (AvgIpc) is 3.52. The predicted molar refractivity (Wildman–Crippen MR) is 126 cm³/mol. The molecule has 0 radical (unpaired) electrons. The molecule has 9 heteroatoms. The molecule has 1 atom stereocenters. The average molecular weight is 491 g/mol. The van der Waals surface area contributed by atoms with Crippen molar-refractivity contribution in [3.8, 4) is 5.75 Å². The van der Waals surface area contributed by atoms with E-state index in [1.54, 1.807) is 23.1 Å². The molecule has 2 aliphatic heterocycles. The highest BCUT2D eigenvalue weighted by atomic mass is 35.5. The third-order valence-corrected chi connectivity index (χ3v) is 8.74. The van der Waals surface area contributed by atoms with Crippen LogP contribution >= 0.6 is 34.7 Å². The highest BCUT2D eigenvalue weighted by Gasteiger charge is 2.26. The van der Waals surface area contributed by atoms with Gasteiger partial charge in [-0.1, -0.05) is 23.4 Å². The van der Waals surface area contributed by atoms with Gasteiger partial charge in [-0.25, -0.2) is 4.98 Å². The Morgan fingerprint density at radius 3 is 3.09 bits per heavy atom. The number of nitrogens with zero attached hydrogens (tertiary/aromatic N) is 2. The van der Waals surface area contributed by atoms with Gasteiger partial charge in [0, 0.05) is 33.4 Å². The summed E-state index contributed by atoms with van der Waals surface area (Å²) in [5, 5.41) is 2.22. The molecule has 6 rings (SSSR count). The molecule has 0 spiro atoms. The molecule has 4 heterocycles. The van der Waals surface area contributed by atoms with Crippen molar-refractivity contribution in [2.75, 3.05) is 13.4 Å². The summed E-state index contributed by atoms with van der Waals surface area (Å²) in [6.07, 6.45) is 5.25. The molecular weight excluding hydrogens is 468 g/mol. The van der Waals surface area contributed by atoms with Gasteiger partial charge >= 0.3 is 0 Å². The summed E-state index contributed by atoms with van der Waals surface area (Å²) in [7, 11) is 0. The number of fused-ring (bicyclic) bond motifs is 4. The van der Waals surface area contributed by atoms with Crippen LogP contribution in [0.3, 0.4) is 0 Å². The van der Waals surface area contributed by atoms with Crippen molar-refractivity contribution in [1.29, 1.82) is 0 Å². The number of hydrogen-bond acceptors (Lipinski definition) is 7. The standard InChI is InChI=1S/C23H23ClN2O4S2/c24-15-7-13-10-28-12-30-20(13)14(8-15)11-31-23-25-21-19(17-4-1-5-18(17)32-21)22(27)26(23)9-16-3-2-6-29-16/h7-8,16H,1-6,9-12H2/t16-/m1/s1. The highest BCUT2D eigenvalue weighted by molar-refractivity contribution is 7.98. The number of thioether (sulfide) groups is 1. The van der Waals surface area contributed by atoms with Crippen LogP contribution in [-0.4, -0.2) is 29.1 Å². The lowest BCUT2D eigenvalue weighted by molar-refractivity contribution is -0.0168. The zero-order valence-corrected chi connectivity index (χ0v) is 19.9. The summed E-state index contributed by atoms with van der Waals surface area (Å²) in [6.45, 7) is 2.04. The highest BCUT2D eigenvalue weighted by Crippen LogP contribution is 2.38. The molecule has 0 amide bonds. The van der Waals surface area contributed by atoms with E-state index in [2.05, 4.69) is 0 Å². The van der Waals surface area contributed by atoms with Gasteiger partial charge in [0.1, 0.15) is 10.6 Å². The van der Waals surface area contributed by atoms with Gasteiger partial charge in [-0.15, -0.1) is 11.3 Å². The van der Waals surface area contributed by atoms with E-state index in [-0.39, 0.29) is 18.5 Å². The molecule has 1 aromatic carbocycles. The Labute approximate surface area is 198 Å². The van der Waals surface area contributed by atoms with Crippen LogP contribution in [0, 0.1) is 0 Å². The summed E-state index contributed by atoms with van der Waals surface area (Å²) >= 11 is 9.59. The van der Waals surface area contributed by atoms with Crippen LogP contribution in [-0.2, 0) is 41.2 Å². The van der Waals surface area contributed by atoms with Crippen LogP contribution < -0.4 is 10.3 Å². The molecule has 3 aliphatic rings. The maximum absolute atomic E-state index is 13.7. The number of thiophene rings is 1. The van der Waals surface area contributed by atoms with E-state index < -0.39 is 0 Å². The summed E-state index contributed by atoms with van der Waals surface area (Å²) in [6, 6.07) is 3.81. The number of halogens is 1. The second kappa shape index (κ2) is 8.65. The minimum Gasteiger partial charge on any atom is -0.467 e. The number of aromatic nitrogens is 2. The first kappa shape index (κ1) is 21.0. The molecule has 0 saturated carbocycles. The Morgan fingerprint density at radius 1 is 1.28 bits per heavy atom. The molecular formula is C23H23ClN2O4S2. The van der Waals surface area contributed by atoms with Crippen molar-refractivity contribution in [2.24, 2.45) is 0 Å². The van der Waals surface area contributed by atoms with Gasteiger partial charge in [-0.3, -0.25) is 9.36 Å². The van der Waals surface area contributed by atoms with Gasteiger partial charge in [0.2, 0.25) is 0 Å². The monoisotopic (exact) mass is 490 g/mol. The Hall–Kier alpha value is -1.58. The van der Waals surface area contributed by atoms with Crippen LogP contribution in [0.1, 0.15) is 40.8 Å². The number of hydrogen-bond donors (Lipinski definition) is 0. The normalized spacial score (nSPS) is 19.8. The molecule has 3 aromatic rings. The number of ether oxygens (including phenoxy) is 3. The van der Waals surface area contributed by atoms with Crippen molar-refractivity contribution >= 4 is 44.9 Å². The quantitative estimate of drug-likeness (QED) is 0.373. The van der Waals surface area contributed by atoms with Gasteiger partial charge in [-0.05, 0) is 49.8 Å². The third-order valence-electron chi connectivity index (χ3n) is 6.31. The molecule has 1 saturated heterocycles. The van der Waals surface area contributed by atoms with E-state index in [0.29, 0.717) is 23.9 Å². The number of aryl methyl sites for hydroxylation is 2. The lowest BCUT2D eigenvalue weighted by Gasteiger charge is -2.21. The van der Waals surface area contributed by atoms with Gasteiger partial charge in [0.05, 0.1) is 24.6 Å². The maximum atomic E-state index is 13.7. The van der Waals surface area contributed by atoms with Crippen LogP contribution in [0.4, 0.5) is 0 Å². The van der Waals surface area contributed by atoms with E-state index in [1.165, 1.54) is 10.4 Å². The summed E-state index contributed by atoms with van der Waals surface area (Å²) < 4.78 is 18.9. The molecule has 2 aromatic heterocycles. The SMILES string of the molecule is O=c1c2c3c(sc2nc(SCc2cc(Cl)cc4c2OCOC4)n1C[C@H]1CCCO1)CCC3. The van der Waals surface area contributed by atoms with Crippen molar-refractivity contribution in [1.82, 2.24) is 9.55 Å². The van der Waals surface area contributed by atoms with Gasteiger partial charge in [0.25, 0.3) is 5.56 Å². The van der Waals surface area contributed by atoms with Crippen LogP contribution in [0.5, 0.6) is 5.75 Å². The lowest BCUT2D eigenvalue weighted by Crippen LogP contribution is -2.28. The molecule has 0 unspecified atom stereocenters. The fraction of sp³-hybridized carbons (Fsp3) is 0.478. The van der Waals surface area contributed by atoms with Gasteiger partial charge < -0.3 is 14.2 Å². The Morgan fingerprint density at radius 2 is 2.22 bits per heavy atom. The molecule has 32 heavy (non-hydrogen) atoms. The predicted octanol–water partition coefficient (Wildman–Crippen LogP) is 4.94. The van der Waals surface area contributed by atoms with E-state index >= 15 is 0 Å². The lowest BCUT2D eigenvalue weighted by atomic mass is 10.1. The molecule has 0 N–H and O–H groups in total. The fourth-order valence-electron chi connectivity index (χ4n) is 4.83. The second-order valence-electron chi connectivity index (χ2n) is 8.44. The van der Waals surface area contributed by atoms with Crippen molar-refractivity contribution in [2.45, 2.75) is 62.3 Å². The van der Waals surface area contributed by atoms with Gasteiger partial charge in [0.15, 0.2) is 11.9 Å². The fourth-order valence-corrected chi connectivity index (χ4v) is 7.37.